The van der Waals surface area contributed by atoms with Gasteiger partial charge in [0, 0.05) is 12.2 Å². The molecule has 0 saturated carbocycles. The number of carboxylic acids is 2. The van der Waals surface area contributed by atoms with Gasteiger partial charge >= 0.3 is 5.97 Å². The van der Waals surface area contributed by atoms with Crippen molar-refractivity contribution in [3.8, 4) is 0 Å². The Morgan fingerprint density at radius 1 is 0.607 bits per heavy atom. The summed E-state index contributed by atoms with van der Waals surface area (Å²) in [4.78, 5) is 21.1. The third kappa shape index (κ3) is 4.59. The monoisotopic (exact) mass is 394 g/mol. The number of carboxylic acid groups (broad SMARTS) is 2. The van der Waals surface area contributed by atoms with Crippen LogP contribution in [0.4, 0.5) is 0 Å². The molecule has 5 heteroatoms. The lowest BCUT2D eigenvalue weighted by molar-refractivity contribution is -0.134. The molecule has 28 heavy (non-hydrogen) atoms. The van der Waals surface area contributed by atoms with E-state index in [-0.39, 0.29) is 0 Å². The number of rotatable bonds is 4. The number of aliphatic carboxylic acids is 2. The van der Waals surface area contributed by atoms with Crippen LogP contribution < -0.4 is 15.9 Å². The van der Waals surface area contributed by atoms with Crippen LogP contribution in [0.1, 0.15) is 13.8 Å². The van der Waals surface area contributed by atoms with Crippen LogP contribution in [-0.2, 0) is 9.59 Å². The number of hydrogen-bond donors (Lipinski definition) is 2. The fourth-order valence-corrected chi connectivity index (χ4v) is 7.33. The topological polar surface area (TPSA) is 74.6 Å². The molecular formula is C23H23O4P. The second kappa shape index (κ2) is 9.72. The minimum absolute atomic E-state index is 0.492. The van der Waals surface area contributed by atoms with Gasteiger partial charge in [0.15, 0.2) is 0 Å². The maximum Gasteiger partial charge on any atom is 0.332 e. The van der Waals surface area contributed by atoms with Crippen LogP contribution in [0, 0.1) is 0 Å². The maximum atomic E-state index is 12.1. The Kier molecular flexibility index (Phi) is 7.36. The molecule has 0 atom stereocenters. The summed E-state index contributed by atoms with van der Waals surface area (Å²) in [7, 11) is 0. The molecule has 0 spiro atoms. The quantitative estimate of drug-likeness (QED) is 0.666. The van der Waals surface area contributed by atoms with Gasteiger partial charge in [0.2, 0.25) is 0 Å². The van der Waals surface area contributed by atoms with Crippen molar-refractivity contribution < 1.29 is 19.8 Å². The van der Waals surface area contributed by atoms with E-state index in [4.69, 9.17) is 9.90 Å². The van der Waals surface area contributed by atoms with Crippen molar-refractivity contribution in [2.75, 3.05) is 0 Å². The number of hydrogen-bond acceptors (Lipinski definition) is 2. The van der Waals surface area contributed by atoms with Crippen LogP contribution in [0.2, 0.25) is 0 Å². The van der Waals surface area contributed by atoms with Gasteiger partial charge in [-0.2, -0.15) is 0 Å². The van der Waals surface area contributed by atoms with Crippen LogP contribution in [0.3, 0.4) is 0 Å². The first-order chi connectivity index (χ1) is 13.4. The highest BCUT2D eigenvalue weighted by atomic mass is 31.2. The lowest BCUT2D eigenvalue weighted by Crippen LogP contribution is -2.32. The molecule has 0 aliphatic heterocycles. The van der Waals surface area contributed by atoms with E-state index in [1.807, 2.05) is 91.0 Å². The van der Waals surface area contributed by atoms with Crippen molar-refractivity contribution >= 4 is 40.0 Å². The molecule has 0 aliphatic rings. The highest BCUT2D eigenvalue weighted by molar-refractivity contribution is 7.96. The summed E-state index contributed by atoms with van der Waals surface area (Å²) in [5, 5.41) is 21.0. The Balaban J connectivity index is 0.000000640. The third-order valence-electron chi connectivity index (χ3n) is 4.24. The first kappa shape index (κ1) is 21.2. The Morgan fingerprint density at radius 3 is 1.07 bits per heavy atom. The van der Waals surface area contributed by atoms with Crippen molar-refractivity contribution in [1.29, 1.82) is 0 Å². The average molecular weight is 394 g/mol. The van der Waals surface area contributed by atoms with Gasteiger partial charge in [-0.3, -0.25) is 4.79 Å². The number of benzene rings is 3. The zero-order chi connectivity index (χ0) is 20.6. The molecule has 0 fully saturated rings. The van der Waals surface area contributed by atoms with E-state index in [2.05, 4.69) is 0 Å². The average Bonchev–Trinajstić information content (AvgIpc) is 2.70. The molecule has 4 nitrogen and oxygen atoms in total. The lowest BCUT2D eigenvalue weighted by atomic mass is 10.4. The minimum Gasteiger partial charge on any atom is -0.481 e. The Labute approximate surface area is 165 Å². The van der Waals surface area contributed by atoms with E-state index in [0.717, 1.165) is 22.8 Å². The van der Waals surface area contributed by atoms with Gasteiger partial charge in [0.1, 0.15) is 0 Å². The first-order valence-electron chi connectivity index (χ1n) is 8.73. The zero-order valence-electron chi connectivity index (χ0n) is 15.8. The molecule has 3 aromatic carbocycles. The fourth-order valence-electron chi connectivity index (χ4n) is 3.13. The number of carbonyl (C=O) groups is 2. The van der Waals surface area contributed by atoms with Gasteiger partial charge in [-0.05, 0) is 29.7 Å². The van der Waals surface area contributed by atoms with Crippen molar-refractivity contribution in [2.45, 2.75) is 13.8 Å². The van der Waals surface area contributed by atoms with Gasteiger partial charge < -0.3 is 10.2 Å². The van der Waals surface area contributed by atoms with Crippen molar-refractivity contribution in [3.05, 3.63) is 91.0 Å². The predicted octanol–water partition coefficient (Wildman–Crippen LogP) is 3.35. The smallest absolute Gasteiger partial charge is 0.332 e. The molecule has 0 aromatic heterocycles. The SMILES string of the molecule is CC(=O)O.CC(C(=O)O)=P(c1ccccc1)(c1ccccc1)c1ccccc1. The van der Waals surface area contributed by atoms with E-state index >= 15 is 0 Å². The Morgan fingerprint density at radius 2 is 0.857 bits per heavy atom. The first-order valence-corrected chi connectivity index (χ1v) is 10.5. The standard InChI is InChI=1S/C21H19O2P.C2H4O2/c1-17(21(22)23)24(18-11-5-2-6-12-18,19-13-7-3-8-14-19)20-15-9-4-10-16-20;1-2(3)4/h2-16H,1H3,(H,22,23);1H3,(H,3,4). The van der Waals surface area contributed by atoms with Gasteiger partial charge in [0.25, 0.3) is 5.97 Å². The van der Waals surface area contributed by atoms with Crippen LogP contribution in [0.25, 0.3) is 0 Å². The van der Waals surface area contributed by atoms with E-state index in [9.17, 15) is 9.90 Å². The summed E-state index contributed by atoms with van der Waals surface area (Å²) in [6.45, 7) is 0.453. The maximum absolute atomic E-state index is 12.1. The fraction of sp³-hybridized carbons (Fsp3) is 0.0870. The summed E-state index contributed by atoms with van der Waals surface area (Å²) in [6, 6.07) is 30.0. The van der Waals surface area contributed by atoms with Crippen LogP contribution >= 0.6 is 6.89 Å². The summed E-state index contributed by atoms with van der Waals surface area (Å²) in [5.41, 5.74) is 0. The zero-order valence-corrected chi connectivity index (χ0v) is 16.7. The highest BCUT2D eigenvalue weighted by Crippen LogP contribution is 2.46. The Bertz CT molecular complexity index is 873. The van der Waals surface area contributed by atoms with Gasteiger partial charge in [0.05, 0.1) is 0 Å². The molecule has 0 unspecified atom stereocenters. The second-order valence-electron chi connectivity index (χ2n) is 6.09. The summed E-state index contributed by atoms with van der Waals surface area (Å²) >= 11 is 0. The van der Waals surface area contributed by atoms with Gasteiger partial charge in [-0.15, -0.1) is 0 Å². The molecule has 0 heterocycles. The molecule has 0 aliphatic carbocycles. The van der Waals surface area contributed by atoms with Crippen LogP contribution in [0.15, 0.2) is 91.0 Å². The van der Waals surface area contributed by atoms with Crippen molar-refractivity contribution in [3.63, 3.8) is 0 Å². The molecule has 144 valence electrons. The highest BCUT2D eigenvalue weighted by Gasteiger charge is 2.30. The summed E-state index contributed by atoms with van der Waals surface area (Å²) < 4.78 is 0. The van der Waals surface area contributed by atoms with Crippen molar-refractivity contribution in [1.82, 2.24) is 0 Å². The third-order valence-corrected chi connectivity index (χ3v) is 8.66. The molecule has 0 radical (unpaired) electrons. The van der Waals surface area contributed by atoms with E-state index in [1.165, 1.54) is 0 Å². The molecule has 3 aromatic rings. The molecule has 0 saturated heterocycles. The predicted molar refractivity (Wildman–Crippen MR) is 117 cm³/mol. The van der Waals surface area contributed by atoms with Gasteiger partial charge in [-0.1, -0.05) is 91.0 Å². The summed E-state index contributed by atoms with van der Waals surface area (Å²) in [5.74, 6) is -1.68. The van der Waals surface area contributed by atoms with Crippen LogP contribution in [0.5, 0.6) is 0 Å². The van der Waals surface area contributed by atoms with E-state index < -0.39 is 18.8 Å². The molecular weight excluding hydrogens is 371 g/mol. The van der Waals surface area contributed by atoms with E-state index in [1.54, 1.807) is 6.92 Å². The van der Waals surface area contributed by atoms with Crippen LogP contribution in [-0.4, -0.2) is 27.4 Å². The minimum atomic E-state index is -2.38. The Hall–Kier alpha value is -3.10. The molecule has 0 bridgehead atoms. The largest absolute Gasteiger partial charge is 0.481 e. The lowest BCUT2D eigenvalue weighted by Gasteiger charge is -2.30. The van der Waals surface area contributed by atoms with Gasteiger partial charge in [-0.25, -0.2) is 4.79 Å². The summed E-state index contributed by atoms with van der Waals surface area (Å²) in [6.07, 6.45) is 0. The molecule has 0 amide bonds. The second-order valence-corrected chi connectivity index (χ2v) is 9.65. The van der Waals surface area contributed by atoms with Crippen molar-refractivity contribution in [2.24, 2.45) is 0 Å². The normalized spacial score (nSPS) is 10.4. The molecule has 3 rings (SSSR count). The van der Waals surface area contributed by atoms with E-state index in [0.29, 0.717) is 5.29 Å². The molecule has 2 N–H and O–H groups in total.